The number of phenolic OH excluding ortho intramolecular Hbond substituents is 1. The van der Waals surface area contributed by atoms with Crippen molar-refractivity contribution in [2.75, 3.05) is 0 Å². The Kier molecular flexibility index (Phi) is 2.57. The lowest BCUT2D eigenvalue weighted by atomic mass is 10.1. The molecule has 0 radical (unpaired) electrons. The van der Waals surface area contributed by atoms with Crippen molar-refractivity contribution in [3.63, 3.8) is 0 Å². The molecule has 0 aliphatic rings. The molecule has 3 rings (SSSR count). The minimum atomic E-state index is 0.223. The monoisotopic (exact) mass is 242 g/mol. The molecule has 0 saturated heterocycles. The first-order valence-corrected chi connectivity index (χ1v) is 5.45. The zero-order valence-electron chi connectivity index (χ0n) is 9.41. The normalized spacial score (nSPS) is 10.7. The second kappa shape index (κ2) is 4.37. The number of nitrogens with zero attached hydrogens (tertiary/aromatic N) is 2. The number of furan rings is 1. The highest BCUT2D eigenvalue weighted by molar-refractivity contribution is 5.51. The summed E-state index contributed by atoms with van der Waals surface area (Å²) in [6.45, 7) is 0. The molecule has 18 heavy (non-hydrogen) atoms. The highest BCUT2D eigenvalue weighted by atomic mass is 16.5. The van der Waals surface area contributed by atoms with Crippen LogP contribution in [-0.2, 0) is 6.42 Å². The molecule has 5 nitrogen and oxygen atoms in total. The van der Waals surface area contributed by atoms with Crippen LogP contribution in [0.2, 0.25) is 0 Å². The molecule has 90 valence electrons. The Hall–Kier alpha value is -2.56. The van der Waals surface area contributed by atoms with Gasteiger partial charge in [0.1, 0.15) is 12.0 Å². The van der Waals surface area contributed by atoms with Gasteiger partial charge in [0, 0.05) is 5.56 Å². The van der Waals surface area contributed by atoms with E-state index in [-0.39, 0.29) is 5.75 Å². The molecule has 0 aliphatic carbocycles. The van der Waals surface area contributed by atoms with Gasteiger partial charge in [0.2, 0.25) is 11.7 Å². The van der Waals surface area contributed by atoms with Crippen molar-refractivity contribution in [3.8, 4) is 17.1 Å². The van der Waals surface area contributed by atoms with Crippen molar-refractivity contribution < 1.29 is 14.0 Å². The molecule has 0 spiro atoms. The van der Waals surface area contributed by atoms with Gasteiger partial charge in [-0.2, -0.15) is 4.98 Å². The first-order valence-electron chi connectivity index (χ1n) is 5.45. The molecule has 1 N–H and O–H groups in total. The quantitative estimate of drug-likeness (QED) is 0.764. The zero-order valence-corrected chi connectivity index (χ0v) is 9.41. The predicted molar refractivity (Wildman–Crippen MR) is 62.9 cm³/mol. The van der Waals surface area contributed by atoms with Crippen LogP contribution in [0.25, 0.3) is 11.4 Å². The van der Waals surface area contributed by atoms with E-state index in [0.717, 1.165) is 11.1 Å². The molecule has 0 unspecified atom stereocenters. The van der Waals surface area contributed by atoms with Gasteiger partial charge in [0.25, 0.3) is 0 Å². The Morgan fingerprint density at radius 1 is 1.17 bits per heavy atom. The fourth-order valence-corrected chi connectivity index (χ4v) is 1.66. The van der Waals surface area contributed by atoms with Gasteiger partial charge < -0.3 is 14.0 Å². The van der Waals surface area contributed by atoms with Gasteiger partial charge in [0.15, 0.2) is 0 Å². The summed E-state index contributed by atoms with van der Waals surface area (Å²) in [5.41, 5.74) is 1.52. The summed E-state index contributed by atoms with van der Waals surface area (Å²) in [5.74, 6) is 1.16. The second-order valence-corrected chi connectivity index (χ2v) is 3.83. The van der Waals surface area contributed by atoms with Crippen LogP contribution in [0.1, 0.15) is 11.5 Å². The molecular formula is C13H10N2O3. The van der Waals surface area contributed by atoms with Crippen molar-refractivity contribution in [1.29, 1.82) is 0 Å². The molecule has 2 aromatic heterocycles. The Morgan fingerprint density at radius 2 is 2.06 bits per heavy atom. The molecule has 0 saturated carbocycles. The molecule has 0 atom stereocenters. The maximum atomic E-state index is 9.66. The molecule has 0 aliphatic heterocycles. The SMILES string of the molecule is Oc1ccccc1Cc1nc(-c2ccoc2)no1. The summed E-state index contributed by atoms with van der Waals surface area (Å²) in [4.78, 5) is 4.24. The van der Waals surface area contributed by atoms with E-state index in [1.165, 1.54) is 0 Å². The number of hydrogen-bond acceptors (Lipinski definition) is 5. The van der Waals surface area contributed by atoms with Crippen LogP contribution in [0.3, 0.4) is 0 Å². The summed E-state index contributed by atoms with van der Waals surface area (Å²) in [6.07, 6.45) is 3.50. The first-order chi connectivity index (χ1) is 8.83. The van der Waals surface area contributed by atoms with Gasteiger partial charge >= 0.3 is 0 Å². The lowest BCUT2D eigenvalue weighted by Crippen LogP contribution is -1.88. The summed E-state index contributed by atoms with van der Waals surface area (Å²) < 4.78 is 10.1. The number of aromatic nitrogens is 2. The van der Waals surface area contributed by atoms with E-state index in [2.05, 4.69) is 10.1 Å². The first kappa shape index (κ1) is 10.6. The van der Waals surface area contributed by atoms with Crippen molar-refractivity contribution in [3.05, 3.63) is 54.3 Å². The Bertz CT molecular complexity index is 644. The van der Waals surface area contributed by atoms with Gasteiger partial charge in [-0.3, -0.25) is 0 Å². The number of para-hydroxylation sites is 1. The maximum Gasteiger partial charge on any atom is 0.231 e. The van der Waals surface area contributed by atoms with Crippen LogP contribution < -0.4 is 0 Å². The Balaban J connectivity index is 1.85. The largest absolute Gasteiger partial charge is 0.508 e. The van der Waals surface area contributed by atoms with Gasteiger partial charge in [-0.05, 0) is 12.1 Å². The molecular weight excluding hydrogens is 232 g/mol. The van der Waals surface area contributed by atoms with Crippen molar-refractivity contribution in [1.82, 2.24) is 10.1 Å². The summed E-state index contributed by atoms with van der Waals surface area (Å²) >= 11 is 0. The lowest BCUT2D eigenvalue weighted by molar-refractivity contribution is 0.383. The topological polar surface area (TPSA) is 72.3 Å². The minimum absolute atomic E-state index is 0.223. The summed E-state index contributed by atoms with van der Waals surface area (Å²) in [6, 6.07) is 8.82. The second-order valence-electron chi connectivity index (χ2n) is 3.83. The van der Waals surface area contributed by atoms with E-state index in [4.69, 9.17) is 8.94 Å². The van der Waals surface area contributed by atoms with Crippen LogP contribution >= 0.6 is 0 Å². The van der Waals surface area contributed by atoms with Crippen molar-refractivity contribution in [2.24, 2.45) is 0 Å². The fraction of sp³-hybridized carbons (Fsp3) is 0.0769. The van der Waals surface area contributed by atoms with E-state index in [1.54, 1.807) is 30.7 Å². The number of aromatic hydroxyl groups is 1. The predicted octanol–water partition coefficient (Wildman–Crippen LogP) is 2.63. The number of hydrogen-bond donors (Lipinski definition) is 1. The molecule has 0 fully saturated rings. The molecule has 0 bridgehead atoms. The third-order valence-electron chi connectivity index (χ3n) is 2.58. The third kappa shape index (κ3) is 1.98. The van der Waals surface area contributed by atoms with Crippen LogP contribution in [0.5, 0.6) is 5.75 Å². The van der Waals surface area contributed by atoms with E-state index in [1.807, 2.05) is 12.1 Å². The average Bonchev–Trinajstić information content (AvgIpc) is 3.02. The highest BCUT2D eigenvalue weighted by Gasteiger charge is 2.11. The van der Waals surface area contributed by atoms with Crippen LogP contribution in [0, 0.1) is 0 Å². The smallest absolute Gasteiger partial charge is 0.231 e. The van der Waals surface area contributed by atoms with Crippen molar-refractivity contribution in [2.45, 2.75) is 6.42 Å². The summed E-state index contributed by atoms with van der Waals surface area (Å²) in [5, 5.41) is 13.5. The number of rotatable bonds is 3. The number of phenols is 1. The van der Waals surface area contributed by atoms with Gasteiger partial charge in [-0.25, -0.2) is 0 Å². The molecule has 3 aromatic rings. The van der Waals surface area contributed by atoms with Gasteiger partial charge in [0.05, 0.1) is 18.2 Å². The van der Waals surface area contributed by atoms with Crippen LogP contribution in [-0.4, -0.2) is 15.2 Å². The minimum Gasteiger partial charge on any atom is -0.508 e. The van der Waals surface area contributed by atoms with E-state index >= 15 is 0 Å². The lowest BCUT2D eigenvalue weighted by Gasteiger charge is -1.99. The molecule has 2 heterocycles. The van der Waals surface area contributed by atoms with E-state index < -0.39 is 0 Å². The maximum absolute atomic E-state index is 9.66. The molecule has 1 aromatic carbocycles. The Morgan fingerprint density at radius 3 is 2.83 bits per heavy atom. The number of benzene rings is 1. The molecule has 0 amide bonds. The molecule has 5 heteroatoms. The highest BCUT2D eigenvalue weighted by Crippen LogP contribution is 2.21. The van der Waals surface area contributed by atoms with Crippen molar-refractivity contribution >= 4 is 0 Å². The summed E-state index contributed by atoms with van der Waals surface area (Å²) in [7, 11) is 0. The zero-order chi connectivity index (χ0) is 12.4. The van der Waals surface area contributed by atoms with Gasteiger partial charge in [-0.15, -0.1) is 0 Å². The average molecular weight is 242 g/mol. The van der Waals surface area contributed by atoms with E-state index in [0.29, 0.717) is 18.1 Å². The third-order valence-corrected chi connectivity index (χ3v) is 2.58. The van der Waals surface area contributed by atoms with E-state index in [9.17, 15) is 5.11 Å². The Labute approximate surface area is 103 Å². The van der Waals surface area contributed by atoms with Gasteiger partial charge in [-0.1, -0.05) is 23.4 Å². The van der Waals surface area contributed by atoms with Crippen LogP contribution in [0.15, 0.2) is 51.8 Å². The van der Waals surface area contributed by atoms with Crippen LogP contribution in [0.4, 0.5) is 0 Å². The fourth-order valence-electron chi connectivity index (χ4n) is 1.66. The standard InChI is InChI=1S/C13H10N2O3/c16-11-4-2-1-3-9(11)7-12-14-13(15-18-12)10-5-6-17-8-10/h1-6,8,16H,7H2.